The molecule has 5 N–H and O–H groups in total. The zero-order chi connectivity index (χ0) is 25.7. The Labute approximate surface area is 242 Å². The third-order valence-corrected chi connectivity index (χ3v) is 6.86. The molecule has 1 saturated heterocycles. The number of nitrogens with zero attached hydrogens (tertiary/aromatic N) is 2. The van der Waals surface area contributed by atoms with Crippen LogP contribution in [-0.2, 0) is 6.54 Å². The molecule has 4 rings (SSSR count). The van der Waals surface area contributed by atoms with Crippen LogP contribution in [0.2, 0.25) is 0 Å². The molecule has 0 bridgehead atoms. The average molecular weight is 576 g/mol. The van der Waals surface area contributed by atoms with Crippen molar-refractivity contribution in [3.05, 3.63) is 71.8 Å². The lowest BCUT2D eigenvalue weighted by atomic mass is 10.0. The lowest BCUT2D eigenvalue weighted by Gasteiger charge is -2.33. The van der Waals surface area contributed by atoms with Crippen molar-refractivity contribution in [2.24, 2.45) is 5.73 Å². The Balaban J connectivity index is 0.00000253. The maximum atomic E-state index is 7.80. The van der Waals surface area contributed by atoms with Gasteiger partial charge in [0.25, 0.3) is 0 Å². The summed E-state index contributed by atoms with van der Waals surface area (Å²) in [6, 6.07) is 20.2. The van der Waals surface area contributed by atoms with E-state index in [9.17, 15) is 0 Å². The van der Waals surface area contributed by atoms with Crippen LogP contribution in [0.1, 0.15) is 37.8 Å². The number of piperidine rings is 1. The van der Waals surface area contributed by atoms with Gasteiger partial charge in [-0.3, -0.25) is 10.8 Å². The van der Waals surface area contributed by atoms with E-state index < -0.39 is 0 Å². The van der Waals surface area contributed by atoms with Crippen LogP contribution in [0.5, 0.6) is 5.75 Å². The molecule has 3 aromatic carbocycles. The van der Waals surface area contributed by atoms with Crippen LogP contribution in [0.4, 0.5) is 5.69 Å². The third kappa shape index (κ3) is 7.72. The number of thiocarbonyl (C=S) groups is 1. The monoisotopic (exact) mass is 574 g/mol. The van der Waals surface area contributed by atoms with E-state index in [1.165, 1.54) is 0 Å². The van der Waals surface area contributed by atoms with Crippen LogP contribution in [0.25, 0.3) is 10.8 Å². The summed E-state index contributed by atoms with van der Waals surface area (Å²) in [5, 5.41) is 21.6. The Morgan fingerprint density at radius 1 is 1.03 bits per heavy atom. The Bertz CT molecular complexity index is 1260. The molecule has 0 aromatic heterocycles. The zero-order valence-electron chi connectivity index (χ0n) is 21.7. The van der Waals surface area contributed by atoms with E-state index in [0.29, 0.717) is 23.1 Å². The van der Waals surface area contributed by atoms with Crippen LogP contribution >= 0.6 is 37.0 Å². The first kappa shape index (κ1) is 31.1. The minimum atomic E-state index is 0. The van der Waals surface area contributed by atoms with Crippen molar-refractivity contribution in [1.29, 1.82) is 10.8 Å². The fraction of sp³-hybridized carbons (Fsp3) is 0.321. The summed E-state index contributed by atoms with van der Waals surface area (Å²) in [5.41, 5.74) is 8.50. The van der Waals surface area contributed by atoms with E-state index in [1.807, 2.05) is 56.3 Å². The zero-order valence-corrected chi connectivity index (χ0v) is 24.1. The van der Waals surface area contributed by atoms with Crippen molar-refractivity contribution in [3.63, 3.8) is 0 Å². The van der Waals surface area contributed by atoms with Crippen LogP contribution in [0.3, 0.4) is 0 Å². The molecule has 0 radical (unpaired) electrons. The third-order valence-electron chi connectivity index (χ3n) is 6.50. The Morgan fingerprint density at radius 3 is 2.29 bits per heavy atom. The highest BCUT2D eigenvalue weighted by atomic mass is 35.5. The first-order chi connectivity index (χ1) is 17.3. The quantitative estimate of drug-likeness (QED) is 0.164. The second kappa shape index (κ2) is 14.2. The van der Waals surface area contributed by atoms with E-state index >= 15 is 0 Å². The number of anilines is 1. The Morgan fingerprint density at radius 2 is 1.68 bits per heavy atom. The maximum Gasteiger partial charge on any atom is 0.173 e. The number of rotatable bonds is 7. The van der Waals surface area contributed by atoms with Crippen molar-refractivity contribution in [2.45, 2.75) is 39.3 Å². The fourth-order valence-corrected chi connectivity index (χ4v) is 4.79. The number of likely N-dealkylation sites (tertiary alicyclic amines) is 1. The van der Waals surface area contributed by atoms with Crippen molar-refractivity contribution >= 4 is 70.3 Å². The van der Waals surface area contributed by atoms with Gasteiger partial charge in [0.2, 0.25) is 0 Å². The second-order valence-electron chi connectivity index (χ2n) is 9.12. The van der Waals surface area contributed by atoms with Crippen molar-refractivity contribution < 1.29 is 4.74 Å². The van der Waals surface area contributed by atoms with Crippen LogP contribution in [0.15, 0.2) is 60.7 Å². The first-order valence-corrected chi connectivity index (χ1v) is 12.7. The molecule has 0 saturated carbocycles. The van der Waals surface area contributed by atoms with Gasteiger partial charge in [-0.1, -0.05) is 24.3 Å². The van der Waals surface area contributed by atoms with Gasteiger partial charge < -0.3 is 25.6 Å². The molecule has 1 fully saturated rings. The number of nitrogens with two attached hydrogens (primary N) is 1. The van der Waals surface area contributed by atoms with Crippen molar-refractivity contribution in [2.75, 3.05) is 24.5 Å². The van der Waals surface area contributed by atoms with E-state index in [4.69, 9.17) is 33.5 Å². The molecule has 0 amide bonds. The summed E-state index contributed by atoms with van der Waals surface area (Å²) in [6.45, 7) is 6.94. The predicted molar refractivity (Wildman–Crippen MR) is 167 cm³/mol. The Hall–Kier alpha value is -3.07. The lowest BCUT2D eigenvalue weighted by Crippen LogP contribution is -2.40. The molecule has 7 nitrogen and oxygen atoms in total. The SMILES string of the molecule is CCNC(=S)N(Cc1ccc2ccc(C(=N)N)cc2c1)c1ccc(OC2CCN(C(C)=N)CC2)cc1.Cl.Cl. The van der Waals surface area contributed by atoms with Gasteiger partial charge in [-0.15, -0.1) is 24.8 Å². The first-order valence-electron chi connectivity index (χ1n) is 12.3. The molecule has 204 valence electrons. The number of ether oxygens (including phenoxy) is 1. The molecule has 0 spiro atoms. The predicted octanol–water partition coefficient (Wildman–Crippen LogP) is 5.71. The number of hydrogen-bond donors (Lipinski definition) is 4. The molecule has 0 unspecified atom stereocenters. The van der Waals surface area contributed by atoms with Gasteiger partial charge in [0.1, 0.15) is 17.7 Å². The molecule has 1 heterocycles. The van der Waals surface area contributed by atoms with E-state index in [1.54, 1.807) is 0 Å². The molecular formula is C28H36Cl2N6OS. The van der Waals surface area contributed by atoms with Crippen molar-refractivity contribution in [3.8, 4) is 5.75 Å². The number of nitrogen functional groups attached to an aromatic ring is 1. The standard InChI is InChI=1S/C28H34N6OS.2ClH/c1-3-32-28(36)34(18-20-4-5-21-6-7-22(27(30)31)17-23(21)16-20)24-8-10-25(11-9-24)35-26-12-14-33(15-13-26)19(2)29;;/h4-11,16-17,26,29H,3,12-15,18H2,1-2H3,(H3,30,31)(H,32,36);2*1H. The molecular weight excluding hydrogens is 539 g/mol. The normalized spacial score (nSPS) is 13.2. The summed E-state index contributed by atoms with van der Waals surface area (Å²) in [7, 11) is 0. The van der Waals surface area contributed by atoms with E-state index in [0.717, 1.165) is 60.2 Å². The van der Waals surface area contributed by atoms with Gasteiger partial charge in [0, 0.05) is 43.7 Å². The fourth-order valence-electron chi connectivity index (χ4n) is 4.48. The topological polar surface area (TPSA) is 101 Å². The molecule has 0 aliphatic carbocycles. The van der Waals surface area contributed by atoms with Crippen LogP contribution in [0, 0.1) is 10.8 Å². The summed E-state index contributed by atoms with van der Waals surface area (Å²) in [6.07, 6.45) is 2.01. The highest BCUT2D eigenvalue weighted by molar-refractivity contribution is 7.80. The van der Waals surface area contributed by atoms with Gasteiger partial charge in [0.15, 0.2) is 5.11 Å². The largest absolute Gasteiger partial charge is 0.490 e. The van der Waals surface area contributed by atoms with E-state index in [-0.39, 0.29) is 36.8 Å². The van der Waals surface area contributed by atoms with Crippen LogP contribution in [-0.4, -0.2) is 47.4 Å². The van der Waals surface area contributed by atoms with Gasteiger partial charge in [-0.25, -0.2) is 0 Å². The number of halogens is 2. The molecule has 1 aliphatic heterocycles. The Kier molecular flexibility index (Phi) is 11.6. The van der Waals surface area contributed by atoms with Gasteiger partial charge in [0.05, 0.1) is 12.4 Å². The van der Waals surface area contributed by atoms with Crippen molar-refractivity contribution in [1.82, 2.24) is 10.2 Å². The molecule has 10 heteroatoms. The number of fused-ring (bicyclic) bond motifs is 1. The molecule has 3 aromatic rings. The smallest absolute Gasteiger partial charge is 0.173 e. The summed E-state index contributed by atoms with van der Waals surface area (Å²) >= 11 is 5.72. The highest BCUT2D eigenvalue weighted by Gasteiger charge is 2.21. The molecule has 0 atom stereocenters. The second-order valence-corrected chi connectivity index (χ2v) is 9.50. The number of amidine groups is 2. The van der Waals surface area contributed by atoms with Gasteiger partial charge in [-0.2, -0.15) is 0 Å². The summed E-state index contributed by atoms with van der Waals surface area (Å²) in [4.78, 5) is 4.18. The summed E-state index contributed by atoms with van der Waals surface area (Å²) < 4.78 is 6.23. The van der Waals surface area contributed by atoms with Gasteiger partial charge in [-0.05, 0) is 78.8 Å². The minimum Gasteiger partial charge on any atom is -0.490 e. The summed E-state index contributed by atoms with van der Waals surface area (Å²) in [5.74, 6) is 1.54. The lowest BCUT2D eigenvalue weighted by molar-refractivity contribution is 0.130. The number of benzene rings is 3. The maximum absolute atomic E-state index is 7.80. The highest BCUT2D eigenvalue weighted by Crippen LogP contribution is 2.26. The minimum absolute atomic E-state index is 0. The van der Waals surface area contributed by atoms with Crippen LogP contribution < -0.4 is 20.7 Å². The molecule has 1 aliphatic rings. The number of hydrogen-bond acceptors (Lipinski definition) is 4. The average Bonchev–Trinajstić information content (AvgIpc) is 2.88. The molecule has 38 heavy (non-hydrogen) atoms. The number of nitrogens with one attached hydrogen (secondary N) is 3. The van der Waals surface area contributed by atoms with Gasteiger partial charge >= 0.3 is 0 Å². The van der Waals surface area contributed by atoms with E-state index in [2.05, 4.69) is 33.3 Å².